The van der Waals surface area contributed by atoms with Crippen molar-refractivity contribution in [2.75, 3.05) is 20.1 Å². The molecular weight excluding hydrogens is 274 g/mol. The van der Waals surface area contributed by atoms with Crippen LogP contribution in [0.1, 0.15) is 41.5 Å². The van der Waals surface area contributed by atoms with E-state index in [2.05, 4.69) is 23.7 Å². The highest BCUT2D eigenvalue weighted by Crippen LogP contribution is 2.19. The number of aromatic nitrogens is 1. The predicted octanol–water partition coefficient (Wildman–Crippen LogP) is 2.37. The van der Waals surface area contributed by atoms with E-state index in [9.17, 15) is 4.79 Å². The molecule has 0 aromatic carbocycles. The summed E-state index contributed by atoms with van der Waals surface area (Å²) >= 11 is 0. The first-order valence-electron chi connectivity index (χ1n) is 7.21. The van der Waals surface area contributed by atoms with Gasteiger partial charge in [0.25, 0.3) is 5.91 Å². The van der Waals surface area contributed by atoms with Crippen molar-refractivity contribution in [3.8, 4) is 0 Å². The average Bonchev–Trinajstić information content (AvgIpc) is 2.72. The molecule has 0 aliphatic carbocycles. The summed E-state index contributed by atoms with van der Waals surface area (Å²) in [6, 6.07) is 2.60. The molecule has 0 saturated carbocycles. The summed E-state index contributed by atoms with van der Waals surface area (Å²) in [6.07, 6.45) is 2.10. The Morgan fingerprint density at radius 3 is 2.40 bits per heavy atom. The normalized spacial score (nSPS) is 16.1. The smallest absolute Gasteiger partial charge is 0.255 e. The van der Waals surface area contributed by atoms with Gasteiger partial charge >= 0.3 is 0 Å². The van der Waals surface area contributed by atoms with Gasteiger partial charge < -0.3 is 14.8 Å². The molecule has 20 heavy (non-hydrogen) atoms. The molecule has 1 saturated heterocycles. The number of piperidine rings is 1. The molecule has 0 spiro atoms. The van der Waals surface area contributed by atoms with Crippen LogP contribution in [0.3, 0.4) is 0 Å². The Kier molecular flexibility index (Phi) is 6.08. The third-order valence-electron chi connectivity index (χ3n) is 4.31. The van der Waals surface area contributed by atoms with E-state index in [1.165, 1.54) is 5.69 Å². The zero-order chi connectivity index (χ0) is 14.0. The van der Waals surface area contributed by atoms with Crippen molar-refractivity contribution in [2.45, 2.75) is 46.2 Å². The fraction of sp³-hybridized carbons (Fsp3) is 0.667. The molecule has 1 aliphatic rings. The van der Waals surface area contributed by atoms with E-state index in [0.717, 1.165) is 43.7 Å². The first-order valence-corrected chi connectivity index (χ1v) is 7.21. The van der Waals surface area contributed by atoms with Crippen molar-refractivity contribution in [1.29, 1.82) is 0 Å². The lowest BCUT2D eigenvalue weighted by molar-refractivity contribution is 0.0706. The van der Waals surface area contributed by atoms with Crippen LogP contribution in [0, 0.1) is 13.8 Å². The molecule has 2 heterocycles. The van der Waals surface area contributed by atoms with Crippen LogP contribution in [0.4, 0.5) is 0 Å². The third-order valence-corrected chi connectivity index (χ3v) is 4.31. The van der Waals surface area contributed by atoms with E-state index in [-0.39, 0.29) is 18.3 Å². The number of likely N-dealkylation sites (tertiary alicyclic amines) is 1. The van der Waals surface area contributed by atoms with E-state index in [4.69, 9.17) is 0 Å². The molecule has 0 atom stereocenters. The van der Waals surface area contributed by atoms with Crippen molar-refractivity contribution in [2.24, 2.45) is 0 Å². The number of amides is 1. The highest BCUT2D eigenvalue weighted by atomic mass is 35.5. The van der Waals surface area contributed by atoms with E-state index in [1.807, 2.05) is 24.9 Å². The summed E-state index contributed by atoms with van der Waals surface area (Å²) in [5.41, 5.74) is 3.15. The summed E-state index contributed by atoms with van der Waals surface area (Å²) in [4.78, 5) is 14.6. The second-order valence-corrected chi connectivity index (χ2v) is 5.38. The molecule has 1 aromatic rings. The molecule has 0 bridgehead atoms. The van der Waals surface area contributed by atoms with Crippen LogP contribution >= 0.6 is 12.4 Å². The highest BCUT2D eigenvalue weighted by Gasteiger charge is 2.25. The van der Waals surface area contributed by atoms with Crippen LogP contribution in [0.2, 0.25) is 0 Å². The molecule has 0 radical (unpaired) electrons. The second-order valence-electron chi connectivity index (χ2n) is 5.38. The molecule has 1 N–H and O–H groups in total. The number of rotatable bonds is 3. The minimum Gasteiger partial charge on any atom is -0.349 e. The maximum Gasteiger partial charge on any atom is 0.255 e. The Morgan fingerprint density at radius 1 is 1.35 bits per heavy atom. The van der Waals surface area contributed by atoms with Crippen LogP contribution in [0.5, 0.6) is 0 Å². The van der Waals surface area contributed by atoms with E-state index in [0.29, 0.717) is 6.04 Å². The molecule has 1 fully saturated rings. The number of aryl methyl sites for hydroxylation is 1. The van der Waals surface area contributed by atoms with Crippen LogP contribution in [-0.4, -0.2) is 41.6 Å². The van der Waals surface area contributed by atoms with Crippen LogP contribution in [-0.2, 0) is 6.54 Å². The van der Waals surface area contributed by atoms with Crippen molar-refractivity contribution < 1.29 is 4.79 Å². The van der Waals surface area contributed by atoms with Crippen molar-refractivity contribution in [3.63, 3.8) is 0 Å². The summed E-state index contributed by atoms with van der Waals surface area (Å²) in [6.45, 7) is 8.88. The number of halogens is 1. The molecule has 0 unspecified atom stereocenters. The van der Waals surface area contributed by atoms with Crippen molar-refractivity contribution in [1.82, 2.24) is 14.8 Å². The standard InChI is InChI=1S/C15H25N3O.ClH/c1-5-18-11(2)10-14(12(18)3)15(19)17-8-6-13(16-4)7-9-17;/h10,13,16H,5-9H2,1-4H3;1H. The van der Waals surface area contributed by atoms with Gasteiger partial charge in [0.1, 0.15) is 0 Å². The lowest BCUT2D eigenvalue weighted by Crippen LogP contribution is -2.44. The minimum absolute atomic E-state index is 0. The summed E-state index contributed by atoms with van der Waals surface area (Å²) in [7, 11) is 2.00. The first-order chi connectivity index (χ1) is 9.08. The maximum atomic E-state index is 12.6. The van der Waals surface area contributed by atoms with Crippen LogP contribution in [0.25, 0.3) is 0 Å². The quantitative estimate of drug-likeness (QED) is 0.930. The van der Waals surface area contributed by atoms with Gasteiger partial charge in [-0.2, -0.15) is 0 Å². The fourth-order valence-corrected chi connectivity index (χ4v) is 3.05. The van der Waals surface area contributed by atoms with Gasteiger partial charge in [-0.1, -0.05) is 0 Å². The molecule has 114 valence electrons. The number of hydrogen-bond acceptors (Lipinski definition) is 2. The topological polar surface area (TPSA) is 37.3 Å². The summed E-state index contributed by atoms with van der Waals surface area (Å²) < 4.78 is 2.20. The van der Waals surface area contributed by atoms with Gasteiger partial charge in [0, 0.05) is 37.1 Å². The van der Waals surface area contributed by atoms with Crippen molar-refractivity contribution >= 4 is 18.3 Å². The van der Waals surface area contributed by atoms with Gasteiger partial charge in [-0.05, 0) is 46.7 Å². The predicted molar refractivity (Wildman–Crippen MR) is 84.8 cm³/mol. The molecule has 5 heteroatoms. The Bertz CT molecular complexity index is 462. The molecule has 1 aliphatic heterocycles. The Balaban J connectivity index is 0.00000200. The lowest BCUT2D eigenvalue weighted by atomic mass is 10.0. The summed E-state index contributed by atoms with van der Waals surface area (Å²) in [5, 5.41) is 3.29. The summed E-state index contributed by atoms with van der Waals surface area (Å²) in [5.74, 6) is 0.197. The SMILES string of the molecule is CCn1c(C)cc(C(=O)N2CCC(NC)CC2)c1C.Cl. The fourth-order valence-electron chi connectivity index (χ4n) is 3.05. The minimum atomic E-state index is 0. The Labute approximate surface area is 127 Å². The third kappa shape index (κ3) is 3.18. The molecule has 4 nitrogen and oxygen atoms in total. The Hall–Kier alpha value is -1.00. The zero-order valence-electron chi connectivity index (χ0n) is 12.9. The van der Waals surface area contributed by atoms with Gasteiger partial charge in [0.05, 0.1) is 5.56 Å². The molecule has 2 rings (SSSR count). The van der Waals surface area contributed by atoms with E-state index in [1.54, 1.807) is 0 Å². The average molecular weight is 300 g/mol. The van der Waals surface area contributed by atoms with E-state index >= 15 is 0 Å². The van der Waals surface area contributed by atoms with E-state index < -0.39 is 0 Å². The highest BCUT2D eigenvalue weighted by molar-refractivity contribution is 5.95. The number of nitrogens with zero attached hydrogens (tertiary/aromatic N) is 2. The van der Waals surface area contributed by atoms with Gasteiger partial charge in [0.2, 0.25) is 0 Å². The van der Waals surface area contributed by atoms with Gasteiger partial charge in [0.15, 0.2) is 0 Å². The molecule has 1 amide bonds. The maximum absolute atomic E-state index is 12.6. The van der Waals surface area contributed by atoms with Gasteiger partial charge in [-0.3, -0.25) is 4.79 Å². The number of carbonyl (C=O) groups excluding carboxylic acids is 1. The Morgan fingerprint density at radius 2 is 1.95 bits per heavy atom. The molecule has 1 aromatic heterocycles. The second kappa shape index (κ2) is 7.14. The van der Waals surface area contributed by atoms with Crippen LogP contribution < -0.4 is 5.32 Å². The number of hydrogen-bond donors (Lipinski definition) is 1. The lowest BCUT2D eigenvalue weighted by Gasteiger charge is -2.31. The first kappa shape index (κ1) is 17.1. The number of nitrogens with one attached hydrogen (secondary N) is 1. The monoisotopic (exact) mass is 299 g/mol. The largest absolute Gasteiger partial charge is 0.349 e. The number of carbonyl (C=O) groups is 1. The zero-order valence-corrected chi connectivity index (χ0v) is 13.7. The van der Waals surface area contributed by atoms with Gasteiger partial charge in [-0.15, -0.1) is 12.4 Å². The van der Waals surface area contributed by atoms with Gasteiger partial charge in [-0.25, -0.2) is 0 Å². The van der Waals surface area contributed by atoms with Crippen molar-refractivity contribution in [3.05, 3.63) is 23.0 Å². The van der Waals surface area contributed by atoms with Crippen LogP contribution in [0.15, 0.2) is 6.07 Å². The molecular formula is C15H26ClN3O.